The van der Waals surface area contributed by atoms with Crippen molar-refractivity contribution >= 4 is 12.4 Å². The van der Waals surface area contributed by atoms with Gasteiger partial charge in [-0.05, 0) is 19.3 Å². The molecule has 1 rings (SSSR count). The lowest BCUT2D eigenvalue weighted by Gasteiger charge is -2.12. The first-order valence-electron chi connectivity index (χ1n) is 3.77. The van der Waals surface area contributed by atoms with E-state index in [1.165, 1.54) is 0 Å². The van der Waals surface area contributed by atoms with Crippen LogP contribution in [0.25, 0.3) is 0 Å². The van der Waals surface area contributed by atoms with Crippen LogP contribution in [0.2, 0.25) is 0 Å². The van der Waals surface area contributed by atoms with E-state index in [1.54, 1.807) is 13.8 Å². The van der Waals surface area contributed by atoms with Gasteiger partial charge in [0.2, 0.25) is 0 Å². The molecule has 0 aliphatic rings. The number of hydrogen-bond donors (Lipinski definition) is 0. The summed E-state index contributed by atoms with van der Waals surface area (Å²) in [7, 11) is 0. The zero-order chi connectivity index (χ0) is 10.2. The molecule has 0 saturated carbocycles. The van der Waals surface area contributed by atoms with Crippen LogP contribution in [0.15, 0.2) is 6.20 Å². The molecule has 7 heteroatoms. The molecule has 0 N–H and O–H groups in total. The van der Waals surface area contributed by atoms with Crippen molar-refractivity contribution in [1.29, 1.82) is 0 Å². The van der Waals surface area contributed by atoms with Crippen LogP contribution >= 0.6 is 0 Å². The third-order valence-electron chi connectivity index (χ3n) is 1.60. The fourth-order valence-electron chi connectivity index (χ4n) is 0.940. The van der Waals surface area contributed by atoms with Crippen LogP contribution in [0.1, 0.15) is 19.9 Å². The molecule has 0 aliphatic carbocycles. The maximum atomic E-state index is 13.0. The Hall–Kier alpha value is -1.01. The van der Waals surface area contributed by atoms with Crippen LogP contribution < -0.4 is 5.46 Å². The van der Waals surface area contributed by atoms with Crippen molar-refractivity contribution in [1.82, 2.24) is 9.78 Å². The summed E-state index contributed by atoms with van der Waals surface area (Å²) in [6.07, 6.45) is 0.523. The molecule has 1 aromatic rings. The molecule has 0 aliphatic heterocycles. The number of halogens is 4. The summed E-state index contributed by atoms with van der Waals surface area (Å²) in [5, 5.41) is 3.32. The van der Waals surface area contributed by atoms with Gasteiger partial charge in [0.15, 0.2) is 5.95 Å². The molecule has 74 valence electrons. The zero-order valence-electron chi connectivity index (χ0n) is 7.14. The van der Waals surface area contributed by atoms with Crippen molar-refractivity contribution in [2.75, 3.05) is 0 Å². The Kier molecular flexibility index (Phi) is 2.36. The van der Waals surface area contributed by atoms with Gasteiger partial charge in [-0.3, -0.25) is 0 Å². The summed E-state index contributed by atoms with van der Waals surface area (Å²) >= 11 is 0. The summed E-state index contributed by atoms with van der Waals surface area (Å²) in [6, 6.07) is -0.410. The molecule has 0 saturated heterocycles. The quantitative estimate of drug-likeness (QED) is 0.518. The molecule has 1 aromatic heterocycles. The van der Waals surface area contributed by atoms with Crippen molar-refractivity contribution < 1.29 is 17.3 Å². The van der Waals surface area contributed by atoms with Gasteiger partial charge in [0.05, 0.1) is 0 Å². The van der Waals surface area contributed by atoms with Gasteiger partial charge < -0.3 is 12.9 Å². The lowest BCUT2D eigenvalue weighted by molar-refractivity contribution is 0.414. The van der Waals surface area contributed by atoms with E-state index in [0.717, 1.165) is 0 Å². The number of rotatable bonds is 2. The topological polar surface area (TPSA) is 17.8 Å². The molecule has 0 spiro atoms. The molecular weight excluding hydrogens is 187 g/mol. The third kappa shape index (κ3) is 1.84. The van der Waals surface area contributed by atoms with Crippen LogP contribution in [0.4, 0.5) is 17.3 Å². The largest absolute Gasteiger partial charge is 0.515 e. The van der Waals surface area contributed by atoms with Gasteiger partial charge >= 0.3 is 6.98 Å². The molecule has 0 unspecified atom stereocenters. The average molecular weight is 195 g/mol. The predicted octanol–water partition coefficient (Wildman–Crippen LogP) is 1.66. The lowest BCUT2D eigenvalue weighted by Crippen LogP contribution is -2.36. The fourth-order valence-corrected chi connectivity index (χ4v) is 0.940. The second-order valence-corrected chi connectivity index (χ2v) is 3.00. The number of hydrogen-bond acceptors (Lipinski definition) is 1. The molecule has 0 amide bonds. The molecule has 2 nitrogen and oxygen atoms in total. The van der Waals surface area contributed by atoms with Gasteiger partial charge in [-0.15, -0.1) is 0 Å². The van der Waals surface area contributed by atoms with Crippen molar-refractivity contribution in [3.8, 4) is 0 Å². The smallest absolute Gasteiger partial charge is 0.445 e. The molecule has 0 radical (unpaired) electrons. The van der Waals surface area contributed by atoms with E-state index in [9.17, 15) is 17.3 Å². The van der Waals surface area contributed by atoms with Crippen molar-refractivity contribution in [3.63, 3.8) is 0 Å². The Morgan fingerprint density at radius 2 is 1.92 bits per heavy atom. The normalized spacial score (nSPS) is 12.5. The van der Waals surface area contributed by atoms with E-state index in [2.05, 4.69) is 5.10 Å². The lowest BCUT2D eigenvalue weighted by atomic mass is 9.83. The van der Waals surface area contributed by atoms with Gasteiger partial charge in [0.25, 0.3) is 0 Å². The summed E-state index contributed by atoms with van der Waals surface area (Å²) in [5.41, 5.74) is -1.26. The highest BCUT2D eigenvalue weighted by Gasteiger charge is 2.32. The van der Waals surface area contributed by atoms with Crippen molar-refractivity contribution in [2.24, 2.45) is 0 Å². The fraction of sp³-hybridized carbons (Fsp3) is 0.500. The summed E-state index contributed by atoms with van der Waals surface area (Å²) in [5.74, 6) is -1.30. The van der Waals surface area contributed by atoms with Gasteiger partial charge in [0, 0.05) is 12.2 Å². The molecule has 0 fully saturated rings. The van der Waals surface area contributed by atoms with Gasteiger partial charge in [-0.1, -0.05) is 0 Å². The SMILES string of the molecule is CC(C)n1ncc([B-](F)(F)F)c1F. The number of aromatic nitrogens is 2. The first-order chi connectivity index (χ1) is 5.84. The highest BCUT2D eigenvalue weighted by atomic mass is 19.4. The van der Waals surface area contributed by atoms with Crippen LogP contribution in [-0.4, -0.2) is 16.8 Å². The Morgan fingerprint density at radius 1 is 1.38 bits per heavy atom. The van der Waals surface area contributed by atoms with Crippen molar-refractivity contribution in [2.45, 2.75) is 19.9 Å². The number of nitrogens with zero attached hydrogens (tertiary/aromatic N) is 2. The van der Waals surface area contributed by atoms with Gasteiger partial charge in [-0.2, -0.15) is 9.49 Å². The standard InChI is InChI=1S/C6H8BF4N2/c1-4(2)13-6(8)5(3-12-13)7(9,10)11/h3-4H,1-2H3/q-1. The minimum Gasteiger partial charge on any atom is -0.445 e. The molecule has 13 heavy (non-hydrogen) atoms. The average Bonchev–Trinajstić information content (AvgIpc) is 2.28. The Bertz CT molecular complexity index is 304. The second kappa shape index (κ2) is 3.04. The molecule has 0 atom stereocenters. The Labute approximate surface area is 72.6 Å². The van der Waals surface area contributed by atoms with E-state index >= 15 is 0 Å². The van der Waals surface area contributed by atoms with E-state index < -0.39 is 24.4 Å². The highest BCUT2D eigenvalue weighted by molar-refractivity contribution is 6.73. The minimum absolute atomic E-state index is 0.410. The van der Waals surface area contributed by atoms with E-state index in [-0.39, 0.29) is 0 Å². The van der Waals surface area contributed by atoms with E-state index in [1.807, 2.05) is 0 Å². The summed E-state index contributed by atoms with van der Waals surface area (Å²) < 4.78 is 50.0. The minimum atomic E-state index is -5.30. The van der Waals surface area contributed by atoms with E-state index in [4.69, 9.17) is 0 Å². The van der Waals surface area contributed by atoms with Gasteiger partial charge in [-0.25, -0.2) is 4.68 Å². The third-order valence-corrected chi connectivity index (χ3v) is 1.60. The van der Waals surface area contributed by atoms with Crippen LogP contribution in [-0.2, 0) is 0 Å². The summed E-state index contributed by atoms with van der Waals surface area (Å²) in [6.45, 7) is -2.18. The predicted molar refractivity (Wildman–Crippen MR) is 41.3 cm³/mol. The molecule has 1 heterocycles. The van der Waals surface area contributed by atoms with Crippen molar-refractivity contribution in [3.05, 3.63) is 12.1 Å². The van der Waals surface area contributed by atoms with Gasteiger partial charge in [0.1, 0.15) is 0 Å². The maximum Gasteiger partial charge on any atom is 0.515 e. The first kappa shape index (κ1) is 10.1. The van der Waals surface area contributed by atoms with E-state index in [0.29, 0.717) is 10.9 Å². The van der Waals surface area contributed by atoms with Crippen LogP contribution in [0.3, 0.4) is 0 Å². The Morgan fingerprint density at radius 3 is 2.15 bits per heavy atom. The zero-order valence-corrected chi connectivity index (χ0v) is 7.14. The first-order valence-corrected chi connectivity index (χ1v) is 3.77. The summed E-state index contributed by atoms with van der Waals surface area (Å²) in [4.78, 5) is 0. The van der Waals surface area contributed by atoms with Crippen LogP contribution in [0, 0.1) is 5.95 Å². The maximum absolute atomic E-state index is 13.0. The van der Waals surface area contributed by atoms with Crippen LogP contribution in [0.5, 0.6) is 0 Å². The monoisotopic (exact) mass is 195 g/mol. The molecular formula is C6H8BF4N2-. The second-order valence-electron chi connectivity index (χ2n) is 3.00. The molecule has 0 bridgehead atoms. The molecule has 0 aromatic carbocycles. The highest BCUT2D eigenvalue weighted by Crippen LogP contribution is 2.13. The Balaban J connectivity index is 3.14.